The molecular weight excluding hydrogens is 488 g/mol. The summed E-state index contributed by atoms with van der Waals surface area (Å²) in [5, 5.41) is 0. The standard InChI is InChI=1S/C34H32N4.C2H6/c1-3-35-34-24(2)30-19-10-11-20-32(30)38(34)29-18-12-17-27(22-29)31-23-28(21-25-13-6-4-7-14-25)36-33(37-31)26-15-8-5-9-16-26;1-2/h3-9,12-18,22-23H,10-11,19-21H2,1-2H3;1-2H3/b35-3-;. The van der Waals surface area contributed by atoms with Gasteiger partial charge in [-0.2, -0.15) is 0 Å². The molecule has 1 aliphatic carbocycles. The molecule has 3 aromatic carbocycles. The molecule has 2 aromatic heterocycles. The van der Waals surface area contributed by atoms with Gasteiger partial charge in [0.25, 0.3) is 0 Å². The maximum absolute atomic E-state index is 5.05. The summed E-state index contributed by atoms with van der Waals surface area (Å²) < 4.78 is 2.37. The molecule has 0 radical (unpaired) electrons. The van der Waals surface area contributed by atoms with Crippen LogP contribution in [0.2, 0.25) is 0 Å². The van der Waals surface area contributed by atoms with Crippen molar-refractivity contribution in [2.24, 2.45) is 4.99 Å². The minimum Gasteiger partial charge on any atom is -0.298 e. The average Bonchev–Trinajstić information content (AvgIpc) is 3.30. The minimum atomic E-state index is 0.755. The largest absolute Gasteiger partial charge is 0.298 e. The molecule has 0 bridgehead atoms. The Morgan fingerprint density at radius 2 is 1.50 bits per heavy atom. The summed E-state index contributed by atoms with van der Waals surface area (Å²) in [5.41, 5.74) is 10.6. The first-order valence-electron chi connectivity index (χ1n) is 14.5. The lowest BCUT2D eigenvalue weighted by Crippen LogP contribution is -2.07. The van der Waals surface area contributed by atoms with Crippen molar-refractivity contribution in [2.45, 2.75) is 59.8 Å². The van der Waals surface area contributed by atoms with Crippen LogP contribution < -0.4 is 0 Å². The second-order valence-electron chi connectivity index (χ2n) is 9.95. The Labute approximate surface area is 238 Å². The Bertz CT molecular complexity index is 1600. The summed E-state index contributed by atoms with van der Waals surface area (Å²) in [7, 11) is 0. The van der Waals surface area contributed by atoms with E-state index in [0.717, 1.165) is 59.1 Å². The van der Waals surface area contributed by atoms with Gasteiger partial charge < -0.3 is 0 Å². The molecule has 2 heterocycles. The van der Waals surface area contributed by atoms with E-state index in [4.69, 9.17) is 15.0 Å². The number of hydrogen-bond donors (Lipinski definition) is 0. The molecule has 0 saturated carbocycles. The van der Waals surface area contributed by atoms with Crippen molar-refractivity contribution in [1.29, 1.82) is 0 Å². The van der Waals surface area contributed by atoms with Crippen molar-refractivity contribution in [2.75, 3.05) is 0 Å². The molecule has 0 atom stereocenters. The number of hydrogen-bond acceptors (Lipinski definition) is 3. The molecule has 5 aromatic rings. The maximum atomic E-state index is 5.05. The fraction of sp³-hybridized carbons (Fsp3) is 0.250. The first kappa shape index (κ1) is 27.3. The highest BCUT2D eigenvalue weighted by atomic mass is 15.1. The van der Waals surface area contributed by atoms with Gasteiger partial charge in [0.05, 0.1) is 5.69 Å². The number of fused-ring (bicyclic) bond motifs is 1. The van der Waals surface area contributed by atoms with Gasteiger partial charge in [-0.05, 0) is 74.4 Å². The van der Waals surface area contributed by atoms with Gasteiger partial charge in [0.15, 0.2) is 5.82 Å². The lowest BCUT2D eigenvalue weighted by atomic mass is 9.95. The third-order valence-corrected chi connectivity index (χ3v) is 7.40. The van der Waals surface area contributed by atoms with E-state index < -0.39 is 0 Å². The van der Waals surface area contributed by atoms with Crippen molar-refractivity contribution >= 4 is 12.0 Å². The molecule has 202 valence electrons. The van der Waals surface area contributed by atoms with Gasteiger partial charge in [-0.15, -0.1) is 0 Å². The van der Waals surface area contributed by atoms with Crippen molar-refractivity contribution in [3.05, 3.63) is 119 Å². The summed E-state index contributed by atoms with van der Waals surface area (Å²) >= 11 is 0. The van der Waals surface area contributed by atoms with Crippen LogP contribution in [0, 0.1) is 6.92 Å². The molecular formula is C36H38N4. The number of nitrogens with zero attached hydrogens (tertiary/aromatic N) is 4. The van der Waals surface area contributed by atoms with Crippen LogP contribution in [0.4, 0.5) is 5.82 Å². The van der Waals surface area contributed by atoms with Crippen LogP contribution in [-0.4, -0.2) is 20.7 Å². The Balaban J connectivity index is 0.00000158. The van der Waals surface area contributed by atoms with Crippen LogP contribution in [0.3, 0.4) is 0 Å². The summed E-state index contributed by atoms with van der Waals surface area (Å²) in [6, 6.07) is 31.6. The minimum absolute atomic E-state index is 0.755. The predicted molar refractivity (Wildman–Crippen MR) is 168 cm³/mol. The van der Waals surface area contributed by atoms with E-state index in [-0.39, 0.29) is 0 Å². The van der Waals surface area contributed by atoms with Crippen molar-refractivity contribution < 1.29 is 0 Å². The normalized spacial score (nSPS) is 12.6. The maximum Gasteiger partial charge on any atom is 0.160 e. The smallest absolute Gasteiger partial charge is 0.160 e. The zero-order valence-corrected chi connectivity index (χ0v) is 24.1. The highest BCUT2D eigenvalue weighted by Gasteiger charge is 2.23. The van der Waals surface area contributed by atoms with Crippen molar-refractivity contribution in [3.63, 3.8) is 0 Å². The van der Waals surface area contributed by atoms with Crippen LogP contribution in [0.15, 0.2) is 96.0 Å². The summed E-state index contributed by atoms with van der Waals surface area (Å²) in [4.78, 5) is 14.8. The van der Waals surface area contributed by atoms with Crippen LogP contribution in [0.5, 0.6) is 0 Å². The molecule has 4 heteroatoms. The van der Waals surface area contributed by atoms with E-state index in [1.54, 1.807) is 0 Å². The van der Waals surface area contributed by atoms with Gasteiger partial charge in [-0.25, -0.2) is 15.0 Å². The number of aliphatic imine (C=N–C) groups is 1. The van der Waals surface area contributed by atoms with Gasteiger partial charge in [0.1, 0.15) is 5.82 Å². The van der Waals surface area contributed by atoms with Gasteiger partial charge in [-0.1, -0.05) is 86.6 Å². The molecule has 6 rings (SSSR count). The SMILES string of the molecule is C/C=N\c1c(C)c2c(n1-c1cccc(-c3cc(Cc4ccccc4)nc(-c4ccccc4)n3)c1)CCCC2.CC. The van der Waals surface area contributed by atoms with Crippen LogP contribution in [0.1, 0.15) is 61.7 Å². The highest BCUT2D eigenvalue weighted by molar-refractivity contribution is 5.69. The third-order valence-electron chi connectivity index (χ3n) is 7.40. The molecule has 1 aliphatic rings. The highest BCUT2D eigenvalue weighted by Crippen LogP contribution is 2.37. The summed E-state index contributed by atoms with van der Waals surface area (Å²) in [5.74, 6) is 1.80. The zero-order valence-electron chi connectivity index (χ0n) is 24.1. The quantitative estimate of drug-likeness (QED) is 0.207. The predicted octanol–water partition coefficient (Wildman–Crippen LogP) is 9.13. The second kappa shape index (κ2) is 12.7. The molecule has 0 fully saturated rings. The molecule has 0 N–H and O–H groups in total. The number of rotatable bonds is 6. The van der Waals surface area contributed by atoms with Gasteiger partial charge >= 0.3 is 0 Å². The first-order valence-corrected chi connectivity index (χ1v) is 14.5. The van der Waals surface area contributed by atoms with Crippen molar-refractivity contribution in [3.8, 4) is 28.3 Å². The van der Waals surface area contributed by atoms with Gasteiger partial charge in [-0.3, -0.25) is 4.57 Å². The van der Waals surface area contributed by atoms with Crippen LogP contribution in [0.25, 0.3) is 28.3 Å². The molecule has 0 amide bonds. The Kier molecular flexibility index (Phi) is 8.65. The van der Waals surface area contributed by atoms with E-state index >= 15 is 0 Å². The van der Waals surface area contributed by atoms with E-state index in [9.17, 15) is 0 Å². The Hall–Kier alpha value is -4.31. The zero-order chi connectivity index (χ0) is 27.9. The molecule has 40 heavy (non-hydrogen) atoms. The third kappa shape index (κ3) is 5.67. The second-order valence-corrected chi connectivity index (χ2v) is 9.95. The monoisotopic (exact) mass is 526 g/mol. The van der Waals surface area contributed by atoms with Crippen molar-refractivity contribution in [1.82, 2.24) is 14.5 Å². The number of benzene rings is 3. The fourth-order valence-electron chi connectivity index (χ4n) is 5.59. The van der Waals surface area contributed by atoms with E-state index in [1.807, 2.05) is 51.3 Å². The molecule has 0 aliphatic heterocycles. The van der Waals surface area contributed by atoms with Gasteiger partial charge in [0, 0.05) is 40.8 Å². The number of aromatic nitrogens is 3. The van der Waals surface area contributed by atoms with E-state index in [2.05, 4.69) is 78.2 Å². The topological polar surface area (TPSA) is 43.1 Å². The Morgan fingerprint density at radius 1 is 0.800 bits per heavy atom. The van der Waals surface area contributed by atoms with E-state index in [0.29, 0.717) is 0 Å². The van der Waals surface area contributed by atoms with Crippen LogP contribution >= 0.6 is 0 Å². The lowest BCUT2D eigenvalue weighted by Gasteiger charge is -2.17. The average molecular weight is 527 g/mol. The first-order chi connectivity index (χ1) is 19.7. The van der Waals surface area contributed by atoms with E-state index in [1.165, 1.54) is 35.2 Å². The molecule has 0 spiro atoms. The van der Waals surface area contributed by atoms with Gasteiger partial charge in [0.2, 0.25) is 0 Å². The molecule has 4 nitrogen and oxygen atoms in total. The lowest BCUT2D eigenvalue weighted by molar-refractivity contribution is 0.662. The summed E-state index contributed by atoms with van der Waals surface area (Å²) in [6.07, 6.45) is 7.36. The van der Waals surface area contributed by atoms with Crippen LogP contribution in [-0.2, 0) is 19.3 Å². The summed E-state index contributed by atoms with van der Waals surface area (Å²) in [6.45, 7) is 8.21. The molecule has 0 unspecified atom stereocenters. The Morgan fingerprint density at radius 3 is 2.25 bits per heavy atom. The molecule has 0 saturated heterocycles. The fourth-order valence-corrected chi connectivity index (χ4v) is 5.59.